The minimum atomic E-state index is -0.0980. The van der Waals surface area contributed by atoms with Gasteiger partial charge in [-0.1, -0.05) is 19.4 Å². The molecule has 20 heavy (non-hydrogen) atoms. The van der Waals surface area contributed by atoms with Crippen molar-refractivity contribution in [3.05, 3.63) is 29.6 Å². The molecule has 1 atom stereocenters. The number of hydrogen-bond donors (Lipinski definition) is 1. The van der Waals surface area contributed by atoms with Crippen LogP contribution < -0.4 is 10.2 Å². The maximum Gasteiger partial charge on any atom is 0.129 e. The van der Waals surface area contributed by atoms with E-state index in [1.165, 1.54) is 12.8 Å². The molecule has 112 valence electrons. The molecule has 1 fully saturated rings. The van der Waals surface area contributed by atoms with E-state index in [0.29, 0.717) is 6.54 Å². The molecule has 1 heterocycles. The van der Waals surface area contributed by atoms with Gasteiger partial charge in [-0.15, -0.1) is 0 Å². The van der Waals surface area contributed by atoms with E-state index in [0.717, 1.165) is 30.3 Å². The van der Waals surface area contributed by atoms with Crippen molar-refractivity contribution >= 4 is 5.69 Å². The molecule has 0 radical (unpaired) electrons. The van der Waals surface area contributed by atoms with Gasteiger partial charge in [0.25, 0.3) is 0 Å². The third-order valence-corrected chi connectivity index (χ3v) is 4.09. The molecule has 0 aliphatic carbocycles. The first-order chi connectivity index (χ1) is 9.40. The van der Waals surface area contributed by atoms with Crippen LogP contribution in [0.15, 0.2) is 18.2 Å². The van der Waals surface area contributed by atoms with Gasteiger partial charge in [-0.05, 0) is 45.2 Å². The number of nitrogens with one attached hydrogen (secondary N) is 1. The second-order valence-electron chi connectivity index (χ2n) is 6.85. The van der Waals surface area contributed by atoms with Crippen LogP contribution in [0, 0.1) is 11.7 Å². The van der Waals surface area contributed by atoms with E-state index >= 15 is 0 Å². The summed E-state index contributed by atoms with van der Waals surface area (Å²) in [5, 5.41) is 3.40. The Bertz CT molecular complexity index is 451. The highest BCUT2D eigenvalue weighted by Gasteiger charge is 2.24. The van der Waals surface area contributed by atoms with Crippen LogP contribution in [0.2, 0.25) is 0 Å². The lowest BCUT2D eigenvalue weighted by molar-refractivity contribution is 0.418. The van der Waals surface area contributed by atoms with E-state index in [2.05, 4.69) is 44.0 Å². The molecule has 2 nitrogen and oxygen atoms in total. The fraction of sp³-hybridized carbons (Fsp3) is 0.647. The summed E-state index contributed by atoms with van der Waals surface area (Å²) in [5.41, 5.74) is 1.87. The average Bonchev–Trinajstić information content (AvgIpc) is 2.84. The van der Waals surface area contributed by atoms with Crippen LogP contribution in [0.5, 0.6) is 0 Å². The summed E-state index contributed by atoms with van der Waals surface area (Å²) in [5.74, 6) is 0.654. The zero-order chi connectivity index (χ0) is 14.8. The van der Waals surface area contributed by atoms with Crippen LogP contribution in [0.4, 0.5) is 10.1 Å². The third-order valence-electron chi connectivity index (χ3n) is 4.09. The van der Waals surface area contributed by atoms with Gasteiger partial charge in [0, 0.05) is 36.4 Å². The summed E-state index contributed by atoms with van der Waals surface area (Å²) < 4.78 is 14.2. The number of nitrogens with zero attached hydrogens (tertiary/aromatic N) is 1. The van der Waals surface area contributed by atoms with Crippen molar-refractivity contribution < 1.29 is 4.39 Å². The Labute approximate surface area is 122 Å². The summed E-state index contributed by atoms with van der Waals surface area (Å²) in [6, 6.07) is 5.45. The molecule has 1 saturated heterocycles. The van der Waals surface area contributed by atoms with Crippen LogP contribution in [0.3, 0.4) is 0 Å². The molecule has 0 saturated carbocycles. The predicted octanol–water partition coefficient (Wildman–Crippen LogP) is 3.95. The standard InChI is InChI=1S/C17H27FN2/c1-5-13-9-10-20(12-13)16-8-6-7-15(18)14(16)11-19-17(2,3)4/h6-8,13,19H,5,9-12H2,1-4H3. The molecule has 2 rings (SSSR count). The molecule has 0 spiro atoms. The fourth-order valence-corrected chi connectivity index (χ4v) is 2.76. The van der Waals surface area contributed by atoms with Crippen molar-refractivity contribution in [1.82, 2.24) is 5.32 Å². The summed E-state index contributed by atoms with van der Waals surface area (Å²) in [4.78, 5) is 2.34. The molecule has 1 unspecified atom stereocenters. The molecule has 0 bridgehead atoms. The number of hydrogen-bond acceptors (Lipinski definition) is 2. The highest BCUT2D eigenvalue weighted by molar-refractivity contribution is 5.55. The summed E-state index contributed by atoms with van der Waals surface area (Å²) >= 11 is 0. The lowest BCUT2D eigenvalue weighted by atomic mass is 10.1. The first-order valence-electron chi connectivity index (χ1n) is 7.68. The van der Waals surface area contributed by atoms with Crippen LogP contribution in [-0.2, 0) is 6.54 Å². The summed E-state index contributed by atoms with van der Waals surface area (Å²) in [6.07, 6.45) is 2.43. The molecule has 3 heteroatoms. The van der Waals surface area contributed by atoms with Crippen molar-refractivity contribution in [2.24, 2.45) is 5.92 Å². The van der Waals surface area contributed by atoms with E-state index in [1.54, 1.807) is 6.07 Å². The first-order valence-corrected chi connectivity index (χ1v) is 7.68. The molecule has 0 aromatic heterocycles. The lowest BCUT2D eigenvalue weighted by Crippen LogP contribution is -2.36. The van der Waals surface area contributed by atoms with Gasteiger partial charge in [-0.3, -0.25) is 0 Å². The molecule has 1 aromatic carbocycles. The van der Waals surface area contributed by atoms with Gasteiger partial charge in [0.2, 0.25) is 0 Å². The molecule has 1 N–H and O–H groups in total. The SMILES string of the molecule is CCC1CCN(c2cccc(F)c2CNC(C)(C)C)C1. The van der Waals surface area contributed by atoms with E-state index in [4.69, 9.17) is 0 Å². The van der Waals surface area contributed by atoms with Gasteiger partial charge in [0.05, 0.1) is 0 Å². The van der Waals surface area contributed by atoms with Crippen molar-refractivity contribution in [2.75, 3.05) is 18.0 Å². The minimum Gasteiger partial charge on any atom is -0.371 e. The van der Waals surface area contributed by atoms with Gasteiger partial charge in [0.1, 0.15) is 5.82 Å². The maximum atomic E-state index is 14.2. The normalized spacial score (nSPS) is 19.6. The number of anilines is 1. The van der Waals surface area contributed by atoms with Crippen LogP contribution in [0.25, 0.3) is 0 Å². The topological polar surface area (TPSA) is 15.3 Å². The molecular weight excluding hydrogens is 251 g/mol. The third kappa shape index (κ3) is 3.72. The average molecular weight is 278 g/mol. The van der Waals surface area contributed by atoms with Crippen molar-refractivity contribution in [1.29, 1.82) is 0 Å². The zero-order valence-electron chi connectivity index (χ0n) is 13.2. The van der Waals surface area contributed by atoms with Crippen molar-refractivity contribution in [3.63, 3.8) is 0 Å². The molecule has 0 amide bonds. The van der Waals surface area contributed by atoms with Gasteiger partial charge in [0.15, 0.2) is 0 Å². The molecule has 1 aliphatic rings. The van der Waals surface area contributed by atoms with Crippen LogP contribution in [0.1, 0.15) is 46.1 Å². The second kappa shape index (κ2) is 6.13. The molecule has 1 aromatic rings. The highest BCUT2D eigenvalue weighted by Crippen LogP contribution is 2.30. The predicted molar refractivity (Wildman–Crippen MR) is 83.6 cm³/mol. The Morgan fingerprint density at radius 2 is 2.10 bits per heavy atom. The van der Waals surface area contributed by atoms with Gasteiger partial charge >= 0.3 is 0 Å². The Hall–Kier alpha value is -1.09. The largest absolute Gasteiger partial charge is 0.371 e. The number of benzene rings is 1. The quantitative estimate of drug-likeness (QED) is 0.897. The summed E-state index contributed by atoms with van der Waals surface area (Å²) in [7, 11) is 0. The maximum absolute atomic E-state index is 14.2. The second-order valence-corrected chi connectivity index (χ2v) is 6.85. The minimum absolute atomic E-state index is 0.00346. The number of halogens is 1. The van der Waals surface area contributed by atoms with Crippen LogP contribution >= 0.6 is 0 Å². The Morgan fingerprint density at radius 3 is 2.70 bits per heavy atom. The molecule has 1 aliphatic heterocycles. The van der Waals surface area contributed by atoms with Crippen molar-refractivity contribution in [2.45, 2.75) is 52.6 Å². The zero-order valence-corrected chi connectivity index (χ0v) is 13.2. The van der Waals surface area contributed by atoms with Crippen LogP contribution in [-0.4, -0.2) is 18.6 Å². The molecular formula is C17H27FN2. The highest BCUT2D eigenvalue weighted by atomic mass is 19.1. The van der Waals surface area contributed by atoms with Crippen molar-refractivity contribution in [3.8, 4) is 0 Å². The Kier molecular flexibility index (Phi) is 4.69. The number of rotatable bonds is 4. The van der Waals surface area contributed by atoms with E-state index in [-0.39, 0.29) is 11.4 Å². The lowest BCUT2D eigenvalue weighted by Gasteiger charge is -2.26. The summed E-state index contributed by atoms with van der Waals surface area (Å²) in [6.45, 7) is 11.2. The first kappa shape index (κ1) is 15.3. The van der Waals surface area contributed by atoms with Gasteiger partial charge in [-0.2, -0.15) is 0 Å². The smallest absolute Gasteiger partial charge is 0.129 e. The Balaban J connectivity index is 2.18. The fourth-order valence-electron chi connectivity index (χ4n) is 2.76. The van der Waals surface area contributed by atoms with Gasteiger partial charge in [-0.25, -0.2) is 4.39 Å². The van der Waals surface area contributed by atoms with Gasteiger partial charge < -0.3 is 10.2 Å². The van der Waals surface area contributed by atoms with E-state index in [9.17, 15) is 4.39 Å². The van der Waals surface area contributed by atoms with E-state index in [1.807, 2.05) is 6.07 Å². The monoisotopic (exact) mass is 278 g/mol. The van der Waals surface area contributed by atoms with E-state index < -0.39 is 0 Å². The Morgan fingerprint density at radius 1 is 1.35 bits per heavy atom.